The zero-order chi connectivity index (χ0) is 12.7. The van der Waals surface area contributed by atoms with Crippen molar-refractivity contribution in [1.29, 1.82) is 0 Å². The third kappa shape index (κ3) is 4.62. The van der Waals surface area contributed by atoms with Crippen molar-refractivity contribution in [1.82, 2.24) is 5.32 Å². The Morgan fingerprint density at radius 2 is 2.18 bits per heavy atom. The summed E-state index contributed by atoms with van der Waals surface area (Å²) in [5.41, 5.74) is 0.636. The van der Waals surface area contributed by atoms with Gasteiger partial charge in [-0.15, -0.1) is 0 Å². The zero-order valence-corrected chi connectivity index (χ0v) is 11.1. The highest BCUT2D eigenvalue weighted by atomic mass is 35.5. The first-order chi connectivity index (χ1) is 8.19. The van der Waals surface area contributed by atoms with Crippen LogP contribution in [-0.2, 0) is 4.74 Å². The number of benzene rings is 1. The van der Waals surface area contributed by atoms with Crippen LogP contribution < -0.4 is 5.32 Å². The van der Waals surface area contributed by atoms with Crippen molar-refractivity contribution in [2.24, 2.45) is 0 Å². The molecule has 2 nitrogen and oxygen atoms in total. The van der Waals surface area contributed by atoms with Gasteiger partial charge in [0.15, 0.2) is 0 Å². The Morgan fingerprint density at radius 3 is 2.76 bits per heavy atom. The highest BCUT2D eigenvalue weighted by Gasteiger charge is 2.13. The van der Waals surface area contributed by atoms with E-state index < -0.39 is 0 Å². The lowest BCUT2D eigenvalue weighted by atomic mass is 10.0. The monoisotopic (exact) mass is 259 g/mol. The number of ether oxygens (including phenoxy) is 1. The number of halogens is 2. The largest absolute Gasteiger partial charge is 0.381 e. The summed E-state index contributed by atoms with van der Waals surface area (Å²) < 4.78 is 19.1. The SMILES string of the molecule is CCCOCCC(NC)c1ccc(Cl)cc1F. The van der Waals surface area contributed by atoms with Crippen LogP contribution in [0.1, 0.15) is 31.4 Å². The number of hydrogen-bond donors (Lipinski definition) is 1. The minimum Gasteiger partial charge on any atom is -0.381 e. The second-order valence-corrected chi connectivity index (χ2v) is 4.34. The molecule has 96 valence electrons. The van der Waals surface area contributed by atoms with Gasteiger partial charge < -0.3 is 10.1 Å². The molecule has 1 N–H and O–H groups in total. The Balaban J connectivity index is 2.59. The lowest BCUT2D eigenvalue weighted by Crippen LogP contribution is -2.19. The fourth-order valence-corrected chi connectivity index (χ4v) is 1.85. The maximum absolute atomic E-state index is 13.7. The van der Waals surface area contributed by atoms with Crippen LogP contribution >= 0.6 is 11.6 Å². The van der Waals surface area contributed by atoms with Gasteiger partial charge in [0.1, 0.15) is 5.82 Å². The van der Waals surface area contributed by atoms with Crippen molar-refractivity contribution in [2.45, 2.75) is 25.8 Å². The quantitative estimate of drug-likeness (QED) is 0.756. The summed E-state index contributed by atoms with van der Waals surface area (Å²) >= 11 is 5.73. The maximum atomic E-state index is 13.7. The predicted molar refractivity (Wildman–Crippen MR) is 68.9 cm³/mol. The molecule has 1 aromatic carbocycles. The summed E-state index contributed by atoms with van der Waals surface area (Å²) in [7, 11) is 1.82. The number of hydrogen-bond acceptors (Lipinski definition) is 2. The molecule has 0 bridgehead atoms. The molecule has 1 aromatic rings. The molecule has 17 heavy (non-hydrogen) atoms. The van der Waals surface area contributed by atoms with Crippen LogP contribution in [0.4, 0.5) is 4.39 Å². The summed E-state index contributed by atoms with van der Waals surface area (Å²) in [6.07, 6.45) is 1.74. The van der Waals surface area contributed by atoms with E-state index in [4.69, 9.17) is 16.3 Å². The van der Waals surface area contributed by atoms with Gasteiger partial charge in [-0.05, 0) is 32.0 Å². The van der Waals surface area contributed by atoms with E-state index in [0.29, 0.717) is 17.2 Å². The number of nitrogens with one attached hydrogen (secondary N) is 1. The molecule has 0 aliphatic heterocycles. The molecular formula is C13H19ClFNO. The molecule has 0 spiro atoms. The molecule has 1 atom stereocenters. The molecule has 1 unspecified atom stereocenters. The minimum absolute atomic E-state index is 0.0378. The van der Waals surface area contributed by atoms with E-state index in [1.54, 1.807) is 12.1 Å². The number of rotatable bonds is 7. The summed E-state index contributed by atoms with van der Waals surface area (Å²) in [5.74, 6) is -0.271. The van der Waals surface area contributed by atoms with Gasteiger partial charge in [-0.2, -0.15) is 0 Å². The molecule has 0 aliphatic carbocycles. The van der Waals surface area contributed by atoms with Crippen molar-refractivity contribution in [3.63, 3.8) is 0 Å². The molecule has 0 heterocycles. The summed E-state index contributed by atoms with van der Waals surface area (Å²) in [4.78, 5) is 0. The molecule has 1 rings (SSSR count). The van der Waals surface area contributed by atoms with Gasteiger partial charge in [-0.3, -0.25) is 0 Å². The Hall–Kier alpha value is -0.640. The molecule has 0 aromatic heterocycles. The molecule has 4 heteroatoms. The van der Waals surface area contributed by atoms with Crippen LogP contribution in [-0.4, -0.2) is 20.3 Å². The van der Waals surface area contributed by atoms with Crippen LogP contribution in [0.3, 0.4) is 0 Å². The van der Waals surface area contributed by atoms with Crippen LogP contribution in [0.5, 0.6) is 0 Å². The highest BCUT2D eigenvalue weighted by Crippen LogP contribution is 2.22. The Morgan fingerprint density at radius 1 is 1.41 bits per heavy atom. The Kier molecular flexibility index (Phi) is 6.48. The summed E-state index contributed by atoms with van der Waals surface area (Å²) in [6, 6.07) is 4.73. The fourth-order valence-electron chi connectivity index (χ4n) is 1.69. The second kappa shape index (κ2) is 7.64. The lowest BCUT2D eigenvalue weighted by molar-refractivity contribution is 0.125. The molecule has 0 amide bonds. The molecule has 0 aliphatic rings. The van der Waals surface area contributed by atoms with Crippen molar-refractivity contribution in [3.05, 3.63) is 34.6 Å². The molecule has 0 fully saturated rings. The van der Waals surface area contributed by atoms with Crippen molar-refractivity contribution < 1.29 is 9.13 Å². The average molecular weight is 260 g/mol. The smallest absolute Gasteiger partial charge is 0.129 e. The molecule has 0 radical (unpaired) electrons. The third-order valence-corrected chi connectivity index (χ3v) is 2.82. The van der Waals surface area contributed by atoms with Crippen LogP contribution in [0.2, 0.25) is 5.02 Å². The first-order valence-electron chi connectivity index (χ1n) is 5.89. The normalized spacial score (nSPS) is 12.7. The van der Waals surface area contributed by atoms with Gasteiger partial charge in [0.25, 0.3) is 0 Å². The van der Waals surface area contributed by atoms with Crippen molar-refractivity contribution in [3.8, 4) is 0 Å². The Labute approximate surface area is 107 Å². The summed E-state index contributed by atoms with van der Waals surface area (Å²) in [6.45, 7) is 3.44. The van der Waals surface area contributed by atoms with Crippen LogP contribution in [0.15, 0.2) is 18.2 Å². The van der Waals surface area contributed by atoms with Crippen LogP contribution in [0.25, 0.3) is 0 Å². The van der Waals surface area contributed by atoms with Gasteiger partial charge >= 0.3 is 0 Å². The standard InChI is InChI=1S/C13H19ClFNO/c1-3-7-17-8-6-13(16-2)11-5-4-10(14)9-12(11)15/h4-5,9,13,16H,3,6-8H2,1-2H3. The average Bonchev–Trinajstić information content (AvgIpc) is 2.31. The highest BCUT2D eigenvalue weighted by molar-refractivity contribution is 6.30. The van der Waals surface area contributed by atoms with Gasteiger partial charge in [-0.1, -0.05) is 24.6 Å². The molecule has 0 saturated carbocycles. The van der Waals surface area contributed by atoms with Gasteiger partial charge in [0, 0.05) is 29.8 Å². The van der Waals surface area contributed by atoms with E-state index in [1.807, 2.05) is 7.05 Å². The van der Waals surface area contributed by atoms with Gasteiger partial charge in [0.2, 0.25) is 0 Å². The minimum atomic E-state index is -0.271. The third-order valence-electron chi connectivity index (χ3n) is 2.59. The summed E-state index contributed by atoms with van der Waals surface area (Å²) in [5, 5.41) is 3.51. The molecular weight excluding hydrogens is 241 g/mol. The first kappa shape index (κ1) is 14.4. The Bertz CT molecular complexity index is 346. The van der Waals surface area contributed by atoms with E-state index in [2.05, 4.69) is 12.2 Å². The van der Waals surface area contributed by atoms with E-state index in [-0.39, 0.29) is 11.9 Å². The first-order valence-corrected chi connectivity index (χ1v) is 6.26. The van der Waals surface area contributed by atoms with E-state index in [1.165, 1.54) is 6.07 Å². The van der Waals surface area contributed by atoms with Crippen LogP contribution in [0, 0.1) is 5.82 Å². The fraction of sp³-hybridized carbons (Fsp3) is 0.538. The second-order valence-electron chi connectivity index (χ2n) is 3.91. The van der Waals surface area contributed by atoms with Gasteiger partial charge in [0.05, 0.1) is 0 Å². The van der Waals surface area contributed by atoms with E-state index in [0.717, 1.165) is 19.4 Å². The van der Waals surface area contributed by atoms with Crippen molar-refractivity contribution >= 4 is 11.6 Å². The topological polar surface area (TPSA) is 21.3 Å². The van der Waals surface area contributed by atoms with Gasteiger partial charge in [-0.25, -0.2) is 4.39 Å². The molecule has 0 saturated heterocycles. The lowest BCUT2D eigenvalue weighted by Gasteiger charge is -2.17. The zero-order valence-electron chi connectivity index (χ0n) is 10.3. The maximum Gasteiger partial charge on any atom is 0.129 e. The van der Waals surface area contributed by atoms with E-state index in [9.17, 15) is 4.39 Å². The van der Waals surface area contributed by atoms with Crippen molar-refractivity contribution in [2.75, 3.05) is 20.3 Å². The predicted octanol–water partition coefficient (Wildman–Crippen LogP) is 3.56. The van der Waals surface area contributed by atoms with E-state index >= 15 is 0 Å².